The van der Waals surface area contributed by atoms with Crippen LogP contribution in [0, 0.1) is 5.92 Å². The van der Waals surface area contributed by atoms with E-state index in [1.807, 2.05) is 0 Å². The molecule has 0 spiro atoms. The molecule has 0 radical (unpaired) electrons. The highest BCUT2D eigenvalue weighted by molar-refractivity contribution is 6.34. The molecule has 1 aromatic carbocycles. The molecule has 0 aliphatic carbocycles. The monoisotopic (exact) mass is 256 g/mol. The molecule has 4 N–H and O–H groups in total. The number of nitrogens with two attached hydrogens (primary N) is 1. The molecule has 1 aromatic rings. The van der Waals surface area contributed by atoms with E-state index in [1.54, 1.807) is 6.92 Å². The quantitative estimate of drug-likeness (QED) is 0.762. The molecule has 0 saturated carbocycles. The summed E-state index contributed by atoms with van der Waals surface area (Å²) in [4.78, 5) is 22.2. The van der Waals surface area contributed by atoms with Crippen molar-refractivity contribution < 1.29 is 14.7 Å². The average Bonchev–Trinajstić information content (AvgIpc) is 2.30. The number of amides is 1. The molecule has 0 aliphatic rings. The van der Waals surface area contributed by atoms with Crippen LogP contribution in [0.15, 0.2) is 18.2 Å². The summed E-state index contributed by atoms with van der Waals surface area (Å²) in [7, 11) is 0. The number of halogens is 1. The molecule has 0 aromatic heterocycles. The number of aromatic carboxylic acids is 1. The van der Waals surface area contributed by atoms with Gasteiger partial charge in [0.15, 0.2) is 0 Å². The number of rotatable bonds is 4. The zero-order valence-corrected chi connectivity index (χ0v) is 9.99. The number of carboxylic acids is 1. The van der Waals surface area contributed by atoms with Crippen LogP contribution in [-0.2, 0) is 4.79 Å². The number of anilines is 1. The first-order valence-electron chi connectivity index (χ1n) is 4.99. The van der Waals surface area contributed by atoms with Crippen LogP contribution in [0.1, 0.15) is 17.3 Å². The fraction of sp³-hybridized carbons (Fsp3) is 0.273. The van der Waals surface area contributed by atoms with Crippen LogP contribution in [0.5, 0.6) is 0 Å². The number of carboxylic acid groups (broad SMARTS) is 1. The van der Waals surface area contributed by atoms with Crippen molar-refractivity contribution in [2.45, 2.75) is 6.92 Å². The molecule has 0 aliphatic heterocycles. The second-order valence-electron chi connectivity index (χ2n) is 3.63. The highest BCUT2D eigenvalue weighted by Crippen LogP contribution is 2.23. The van der Waals surface area contributed by atoms with E-state index in [4.69, 9.17) is 22.4 Å². The Kier molecular flexibility index (Phi) is 4.48. The van der Waals surface area contributed by atoms with Crippen LogP contribution >= 0.6 is 11.6 Å². The van der Waals surface area contributed by atoms with Crippen molar-refractivity contribution in [3.05, 3.63) is 28.8 Å². The minimum atomic E-state index is -1.07. The van der Waals surface area contributed by atoms with E-state index in [1.165, 1.54) is 18.2 Å². The lowest BCUT2D eigenvalue weighted by molar-refractivity contribution is -0.119. The first-order valence-corrected chi connectivity index (χ1v) is 5.37. The summed E-state index contributed by atoms with van der Waals surface area (Å²) in [5, 5.41) is 11.5. The lowest BCUT2D eigenvalue weighted by Crippen LogP contribution is -2.26. The second-order valence-corrected chi connectivity index (χ2v) is 4.03. The predicted molar refractivity (Wildman–Crippen MR) is 65.3 cm³/mol. The summed E-state index contributed by atoms with van der Waals surface area (Å²) < 4.78 is 0. The lowest BCUT2D eigenvalue weighted by Gasteiger charge is -2.11. The van der Waals surface area contributed by atoms with Crippen LogP contribution in [-0.4, -0.2) is 23.5 Å². The summed E-state index contributed by atoms with van der Waals surface area (Å²) >= 11 is 5.86. The first kappa shape index (κ1) is 13.5. The van der Waals surface area contributed by atoms with Gasteiger partial charge in [-0.3, -0.25) is 4.79 Å². The maximum atomic E-state index is 11.5. The van der Waals surface area contributed by atoms with E-state index >= 15 is 0 Å². The van der Waals surface area contributed by atoms with Gasteiger partial charge in [0.1, 0.15) is 0 Å². The van der Waals surface area contributed by atoms with E-state index in [2.05, 4.69) is 5.32 Å². The zero-order valence-electron chi connectivity index (χ0n) is 9.24. The molecule has 17 heavy (non-hydrogen) atoms. The van der Waals surface area contributed by atoms with Gasteiger partial charge in [0.2, 0.25) is 5.91 Å². The molecule has 92 valence electrons. The Morgan fingerprint density at radius 1 is 1.53 bits per heavy atom. The number of nitrogens with one attached hydrogen (secondary N) is 1. The highest BCUT2D eigenvalue weighted by atomic mass is 35.5. The molecule has 0 fully saturated rings. The van der Waals surface area contributed by atoms with Gasteiger partial charge in [0.25, 0.3) is 0 Å². The van der Waals surface area contributed by atoms with E-state index in [0.29, 0.717) is 5.69 Å². The second kappa shape index (κ2) is 5.65. The molecule has 1 atom stereocenters. The van der Waals surface area contributed by atoms with Gasteiger partial charge in [-0.1, -0.05) is 18.5 Å². The minimum Gasteiger partial charge on any atom is -0.478 e. The molecule has 1 amide bonds. The summed E-state index contributed by atoms with van der Waals surface area (Å²) in [5.74, 6) is -1.65. The summed E-state index contributed by atoms with van der Waals surface area (Å²) in [5.41, 5.74) is 5.80. The topological polar surface area (TPSA) is 92.4 Å². The number of benzene rings is 1. The molecular formula is C11H13ClN2O3. The lowest BCUT2D eigenvalue weighted by atomic mass is 10.1. The summed E-state index contributed by atoms with van der Waals surface area (Å²) in [6.07, 6.45) is 0. The maximum Gasteiger partial charge on any atom is 0.335 e. The van der Waals surface area contributed by atoms with E-state index in [-0.39, 0.29) is 29.0 Å². The summed E-state index contributed by atoms with van der Waals surface area (Å²) in [6, 6.07) is 4.11. The number of hydrogen-bond donors (Lipinski definition) is 3. The molecule has 0 saturated heterocycles. The van der Waals surface area contributed by atoms with E-state index < -0.39 is 5.97 Å². The van der Waals surface area contributed by atoms with Crippen LogP contribution in [0.3, 0.4) is 0 Å². The van der Waals surface area contributed by atoms with Crippen LogP contribution in [0.4, 0.5) is 5.69 Å². The molecule has 1 rings (SSSR count). The minimum absolute atomic E-state index is 0.0693. The molecule has 5 nitrogen and oxygen atoms in total. The third-order valence-electron chi connectivity index (χ3n) is 2.28. The van der Waals surface area contributed by atoms with E-state index in [0.717, 1.165) is 0 Å². The van der Waals surface area contributed by atoms with Crippen molar-refractivity contribution >= 4 is 29.2 Å². The molecular weight excluding hydrogens is 244 g/mol. The van der Waals surface area contributed by atoms with Crippen molar-refractivity contribution in [1.82, 2.24) is 0 Å². The van der Waals surface area contributed by atoms with E-state index in [9.17, 15) is 9.59 Å². The number of hydrogen-bond acceptors (Lipinski definition) is 3. The van der Waals surface area contributed by atoms with Crippen molar-refractivity contribution in [3.8, 4) is 0 Å². The standard InChI is InChI=1S/C11H13ClN2O3/c1-6(5-13)10(15)14-9-3-2-7(11(16)17)4-8(9)12/h2-4,6H,5,13H2,1H3,(H,14,15)(H,16,17). The van der Waals surface area contributed by atoms with Gasteiger partial charge in [-0.05, 0) is 18.2 Å². The smallest absolute Gasteiger partial charge is 0.335 e. The highest BCUT2D eigenvalue weighted by Gasteiger charge is 2.13. The van der Waals surface area contributed by atoms with Gasteiger partial charge in [-0.2, -0.15) is 0 Å². The normalized spacial score (nSPS) is 11.9. The molecule has 0 heterocycles. The SMILES string of the molecule is CC(CN)C(=O)Nc1ccc(C(=O)O)cc1Cl. The van der Waals surface area contributed by atoms with Crippen LogP contribution in [0.2, 0.25) is 5.02 Å². The van der Waals surface area contributed by atoms with Crippen molar-refractivity contribution in [2.24, 2.45) is 11.7 Å². The number of carbonyl (C=O) groups is 2. The predicted octanol–water partition coefficient (Wildman–Crippen LogP) is 1.57. The van der Waals surface area contributed by atoms with Gasteiger partial charge < -0.3 is 16.2 Å². The van der Waals surface area contributed by atoms with Crippen molar-refractivity contribution in [1.29, 1.82) is 0 Å². The Morgan fingerprint density at radius 2 is 2.18 bits per heavy atom. The molecule has 1 unspecified atom stereocenters. The van der Waals surface area contributed by atoms with Gasteiger partial charge in [-0.25, -0.2) is 4.79 Å². The fourth-order valence-electron chi connectivity index (χ4n) is 1.11. The molecule has 0 bridgehead atoms. The zero-order chi connectivity index (χ0) is 13.0. The average molecular weight is 257 g/mol. The van der Waals surface area contributed by atoms with Gasteiger partial charge in [-0.15, -0.1) is 0 Å². The van der Waals surface area contributed by atoms with Crippen molar-refractivity contribution in [2.75, 3.05) is 11.9 Å². The molecule has 6 heteroatoms. The Labute approximate surface area is 104 Å². The fourth-order valence-corrected chi connectivity index (χ4v) is 1.34. The maximum absolute atomic E-state index is 11.5. The Balaban J connectivity index is 2.86. The van der Waals surface area contributed by atoms with Crippen molar-refractivity contribution in [3.63, 3.8) is 0 Å². The van der Waals surface area contributed by atoms with Gasteiger partial charge in [0.05, 0.1) is 16.3 Å². The van der Waals surface area contributed by atoms with Gasteiger partial charge >= 0.3 is 5.97 Å². The first-order chi connectivity index (χ1) is 7.95. The number of carbonyl (C=O) groups excluding carboxylic acids is 1. The largest absolute Gasteiger partial charge is 0.478 e. The third-order valence-corrected chi connectivity index (χ3v) is 2.59. The van der Waals surface area contributed by atoms with Crippen LogP contribution < -0.4 is 11.1 Å². The Hall–Kier alpha value is -1.59. The Bertz CT molecular complexity index is 448. The van der Waals surface area contributed by atoms with Gasteiger partial charge in [0, 0.05) is 12.5 Å². The van der Waals surface area contributed by atoms with Crippen LogP contribution in [0.25, 0.3) is 0 Å². The third kappa shape index (κ3) is 3.44. The Morgan fingerprint density at radius 3 is 2.65 bits per heavy atom. The summed E-state index contributed by atoms with van der Waals surface area (Å²) in [6.45, 7) is 1.92.